The van der Waals surface area contributed by atoms with Gasteiger partial charge in [-0.25, -0.2) is 0 Å². The Bertz CT molecular complexity index is 4450. The van der Waals surface area contributed by atoms with E-state index in [0.717, 1.165) is 128 Å². The third-order valence-corrected chi connectivity index (χ3v) is 43.3. The van der Waals surface area contributed by atoms with Crippen molar-refractivity contribution in [3.8, 4) is 0 Å². The van der Waals surface area contributed by atoms with Crippen LogP contribution in [-0.4, -0.2) is 0 Å². The summed E-state index contributed by atoms with van der Waals surface area (Å²) >= 11 is 21.1. The molecule has 1 aliphatic heterocycles. The Labute approximate surface area is 958 Å². The Morgan fingerprint density at radius 1 is 0.0867 bits per heavy atom. The molecule has 0 aliphatic carbocycles. The summed E-state index contributed by atoms with van der Waals surface area (Å²) in [6.07, 6.45) is 124. The average molecular weight is 2200 g/mol. The molecule has 0 nitrogen and oxygen atoms in total. The van der Waals surface area contributed by atoms with E-state index < -0.39 is 0 Å². The van der Waals surface area contributed by atoms with Gasteiger partial charge >= 0.3 is 0 Å². The second-order valence-corrected chi connectivity index (χ2v) is 54.1. The summed E-state index contributed by atoms with van der Waals surface area (Å²) in [5, 5.41) is 0. The molecule has 0 fully saturated rings. The van der Waals surface area contributed by atoms with E-state index >= 15 is 0 Å². The molecule has 820 valence electrons. The number of unbranched alkanes of at least 4 members (excludes halogenated alkanes) is 20. The molecule has 0 amide bonds. The molecule has 11 heterocycles. The first-order chi connectivity index (χ1) is 73.6. The Morgan fingerprint density at radius 2 is 0.133 bits per heavy atom. The lowest BCUT2D eigenvalue weighted by molar-refractivity contribution is 0.760. The van der Waals surface area contributed by atoms with Gasteiger partial charge in [0.1, 0.15) is 0 Å². The maximum Gasteiger partial charge on any atom is 0.0312 e. The van der Waals surface area contributed by atoms with Crippen LogP contribution in [0.15, 0.2) is 0 Å². The van der Waals surface area contributed by atoms with Crippen LogP contribution in [0.5, 0.6) is 0 Å². The van der Waals surface area contributed by atoms with Crippen molar-refractivity contribution < 1.29 is 0 Å². The van der Waals surface area contributed by atoms with Gasteiger partial charge < -0.3 is 0 Å². The van der Waals surface area contributed by atoms with Crippen LogP contribution in [0.4, 0.5) is 0 Å². The van der Waals surface area contributed by atoms with Gasteiger partial charge in [0.25, 0.3) is 0 Å². The molecule has 20 bridgehead atoms. The predicted molar refractivity (Wildman–Crippen MR) is 705 cm³/mol. The van der Waals surface area contributed by atoms with E-state index in [1.165, 1.54) is 354 Å². The maximum atomic E-state index is 2.63. The molecule has 0 saturated carbocycles. The third-order valence-electron chi connectivity index (χ3n) is 31.3. The lowest BCUT2D eigenvalue weighted by Gasteiger charge is -2.08. The first-order valence-electron chi connectivity index (χ1n) is 61.9. The average Bonchev–Trinajstić information content (AvgIpc) is 1.64. The molecule has 0 atom stereocenters. The highest BCUT2D eigenvalue weighted by Crippen LogP contribution is 2.49. The lowest BCUT2D eigenvalue weighted by atomic mass is 9.95. The first kappa shape index (κ1) is 125. The smallest absolute Gasteiger partial charge is 0.0312 e. The van der Waals surface area contributed by atoms with E-state index in [9.17, 15) is 0 Å². The first-order valence-corrected chi connectivity index (χ1v) is 70.1. The van der Waals surface area contributed by atoms with Crippen LogP contribution in [-0.2, 0) is 128 Å². The van der Waals surface area contributed by atoms with Crippen molar-refractivity contribution in [2.45, 2.75) is 524 Å². The summed E-state index contributed by atoms with van der Waals surface area (Å²) in [4.78, 5) is 29.8. The fourth-order valence-electron chi connectivity index (χ4n) is 22.1. The zero-order valence-electron chi connectivity index (χ0n) is 98.1. The fraction of sp³-hybridized carbons (Fsp3) is 0.571. The minimum atomic E-state index is 1.14. The molecule has 0 unspecified atom stereocenters. The van der Waals surface area contributed by atoms with E-state index in [1.54, 1.807) is 111 Å². The van der Waals surface area contributed by atoms with Crippen molar-refractivity contribution in [1.29, 1.82) is 0 Å². The van der Waals surface area contributed by atoms with Gasteiger partial charge in [-0.2, -0.15) is 0 Å². The highest BCUT2D eigenvalue weighted by Gasteiger charge is 2.28. The molecule has 150 heavy (non-hydrogen) atoms. The van der Waals surface area contributed by atoms with E-state index in [-0.39, 0.29) is 0 Å². The summed E-state index contributed by atoms with van der Waals surface area (Å²) in [5.74, 6) is 0. The Hall–Kier alpha value is -5.60. The molecule has 10 aromatic rings. The van der Waals surface area contributed by atoms with Gasteiger partial charge in [0.2, 0.25) is 0 Å². The van der Waals surface area contributed by atoms with E-state index in [4.69, 9.17) is 0 Å². The van der Waals surface area contributed by atoms with Crippen molar-refractivity contribution >= 4 is 235 Å². The Morgan fingerprint density at radius 3 is 0.173 bits per heavy atom. The quantitative estimate of drug-likeness (QED) is 0.0356. The van der Waals surface area contributed by atoms with Gasteiger partial charge in [0.15, 0.2) is 0 Å². The largest absolute Gasteiger partial charge is 0.136 e. The van der Waals surface area contributed by atoms with Crippen LogP contribution in [0.25, 0.3) is 122 Å². The van der Waals surface area contributed by atoms with Crippen molar-refractivity contribution in [2.24, 2.45) is 0 Å². The molecule has 10 aromatic heterocycles. The molecule has 0 N–H and O–H groups in total. The number of rotatable bonds is 60. The second kappa shape index (κ2) is 69.6. The van der Waals surface area contributed by atoms with Crippen molar-refractivity contribution in [2.75, 3.05) is 0 Å². The topological polar surface area (TPSA) is 0 Å². The molecule has 0 aromatic carbocycles. The molecule has 1 aliphatic rings. The lowest BCUT2D eigenvalue weighted by Crippen LogP contribution is -1.96. The second-order valence-electron chi connectivity index (χ2n) is 43.3. The number of thiophene rings is 10. The molecule has 11 rings (SSSR count). The third kappa shape index (κ3) is 35.2. The molecule has 0 spiro atoms. The monoisotopic (exact) mass is 2200 g/mol. The Kier molecular flexibility index (Phi) is 57.8. The number of fused-ring (bicyclic) bond motifs is 20. The van der Waals surface area contributed by atoms with Crippen LogP contribution in [0.3, 0.4) is 0 Å². The van der Waals surface area contributed by atoms with Crippen LogP contribution >= 0.6 is 113 Å². The van der Waals surface area contributed by atoms with Crippen molar-refractivity contribution in [1.82, 2.24) is 0 Å². The van der Waals surface area contributed by atoms with Crippen LogP contribution in [0, 0.1) is 0 Å². The fourth-order valence-corrected chi connectivity index (χ4v) is 34.2. The molecular weight excluding hydrogens is 2000 g/mol. The van der Waals surface area contributed by atoms with E-state index in [2.05, 4.69) is 373 Å². The molecule has 10 heteroatoms. The zero-order valence-corrected chi connectivity index (χ0v) is 106. The number of hydrogen-bond donors (Lipinski definition) is 0. The summed E-state index contributed by atoms with van der Waals surface area (Å²) < 4.78 is 0. The van der Waals surface area contributed by atoms with E-state index in [1.807, 2.05) is 0 Å². The van der Waals surface area contributed by atoms with E-state index in [0.29, 0.717) is 0 Å². The van der Waals surface area contributed by atoms with Gasteiger partial charge in [-0.3, -0.25) is 0 Å². The van der Waals surface area contributed by atoms with Gasteiger partial charge in [-0.15, -0.1) is 113 Å². The normalized spacial score (nSPS) is 12.7. The van der Waals surface area contributed by atoms with Crippen molar-refractivity contribution in [3.63, 3.8) is 0 Å². The maximum absolute atomic E-state index is 2.63. The summed E-state index contributed by atoms with van der Waals surface area (Å²) in [7, 11) is 0. The van der Waals surface area contributed by atoms with Crippen LogP contribution in [0.1, 0.15) is 604 Å². The standard InChI is InChI=1S/C140H200S10/c1-21-41-61-101-102(62-42-22-2)122-83-84-124-105(65-45-25-5)106(66-46-26-6)126(143-124)87-88-128-109(69-49-29-9)110(70-50-30-10)130(145-128)91-92-132-113(73-53-33-13)114(74-54-34-14)134(147-132)95-96-136-117(77-57-37-17)118(78-58-38-18)138(149-136)99-100-140-120(80-60-40-20)119(79-59-39-19)139(150-140)98-97-137-116(76-56-36-16)115(75-55-35-15)135(148-137)94-93-133-112(72-52-32-12)111(71-51-31-11)131(146-133)90-89-129-108(68-48-28-8)107(67-47-27-7)127(144-129)86-85-125-104(64-44-24-4)103(63-43-23-3)123(142-125)82-81-121(101)141-122/h81-100H,21-80H2,1-20H3. The van der Waals surface area contributed by atoms with Gasteiger partial charge in [-0.05, 0) is 490 Å². The molecular formula is C140H200S10. The van der Waals surface area contributed by atoms with Gasteiger partial charge in [0, 0.05) is 97.5 Å². The minimum Gasteiger partial charge on any atom is -0.136 e. The minimum absolute atomic E-state index is 1.14. The summed E-state index contributed by atoms with van der Waals surface area (Å²) in [5.41, 5.74) is 32.4. The highest BCUT2D eigenvalue weighted by atomic mass is 32.1. The van der Waals surface area contributed by atoms with Crippen LogP contribution < -0.4 is 0 Å². The molecule has 0 saturated heterocycles. The number of hydrogen-bond acceptors (Lipinski definition) is 10. The predicted octanol–water partition coefficient (Wildman–Crippen LogP) is 49.2. The Balaban J connectivity index is 1.17. The van der Waals surface area contributed by atoms with Gasteiger partial charge in [-0.1, -0.05) is 267 Å². The zero-order chi connectivity index (χ0) is 107. The van der Waals surface area contributed by atoms with Crippen LogP contribution in [0.2, 0.25) is 0 Å². The molecule has 0 radical (unpaired) electrons. The SMILES string of the molecule is CCCCc1c2sc(c1CCCC)C=Cc1sc(c(CCCC)c1CCCC)C=Cc1sc(c(CCCC)c1CCCC)C=Cc1sc(c(CCCC)c1CCCC)C=Cc1sc(c(CCCC)c1CCCC)C=Cc1sc(c(CCCC)c1CCCC)C=Cc1sc(c(CCCC)c1CCCC)C=Cc1sc(c(CCCC)c1CCCC)C=Cc1sc(c(CCCC)c1CCCC)C=Cc1sc(c(CCCC)c1CCCC)C=C2. The summed E-state index contributed by atoms with van der Waals surface area (Å²) in [6, 6.07) is 0. The van der Waals surface area contributed by atoms with Gasteiger partial charge in [0.05, 0.1) is 0 Å². The highest BCUT2D eigenvalue weighted by molar-refractivity contribution is 7.18. The summed E-state index contributed by atoms with van der Waals surface area (Å²) in [6.45, 7) is 48.1. The van der Waals surface area contributed by atoms with Crippen molar-refractivity contribution in [3.05, 3.63) is 209 Å².